The maximum absolute atomic E-state index is 8.97. The van der Waals surface area contributed by atoms with Crippen LogP contribution < -0.4 is 9.47 Å². The fraction of sp³-hybridized carbons (Fsp3) is 0.346. The van der Waals surface area contributed by atoms with Gasteiger partial charge in [0.1, 0.15) is 11.5 Å². The van der Waals surface area contributed by atoms with Crippen molar-refractivity contribution in [2.24, 2.45) is 0 Å². The van der Waals surface area contributed by atoms with E-state index in [1.807, 2.05) is 97.1 Å². The first kappa shape index (κ1) is 43.4. The van der Waals surface area contributed by atoms with Gasteiger partial charge in [-0.25, -0.2) is 0 Å². The molecule has 0 fully saturated rings. The van der Waals surface area contributed by atoms with Gasteiger partial charge in [0.2, 0.25) is 0 Å². The maximum atomic E-state index is 8.97. The molecule has 0 heterocycles. The summed E-state index contributed by atoms with van der Waals surface area (Å²) in [4.78, 5) is 0. The molecule has 4 aromatic rings. The number of hydrogen-bond donors (Lipinski definition) is 0. The van der Waals surface area contributed by atoms with E-state index in [4.69, 9.17) is 20.0 Å². The molecule has 0 amide bonds. The summed E-state index contributed by atoms with van der Waals surface area (Å²) in [5, 5.41) is 17.9. The van der Waals surface area contributed by atoms with Crippen molar-refractivity contribution in [3.8, 4) is 93.3 Å². The van der Waals surface area contributed by atoms with E-state index < -0.39 is 0 Å². The highest BCUT2D eigenvalue weighted by Crippen LogP contribution is 2.24. The molecule has 0 atom stereocenters. The van der Waals surface area contributed by atoms with Gasteiger partial charge in [-0.05, 0) is 146 Å². The molecule has 0 spiro atoms. The van der Waals surface area contributed by atoms with Gasteiger partial charge in [0.25, 0.3) is 0 Å². The first-order chi connectivity index (χ1) is 28.0. The minimum Gasteiger partial charge on any atom is -0.494 e. The minimum absolute atomic E-state index is 0.665. The lowest BCUT2D eigenvalue weighted by Crippen LogP contribution is -2.41. The molecule has 5 heteroatoms. The molecule has 0 aliphatic carbocycles. The third-order valence-electron chi connectivity index (χ3n) is 9.44. The molecule has 288 valence electrons. The average molecular weight is 753 g/mol. The van der Waals surface area contributed by atoms with E-state index >= 15 is 0 Å². The lowest BCUT2D eigenvalue weighted by Gasteiger charge is -2.29. The second-order valence-corrected chi connectivity index (χ2v) is 14.5. The number of rotatable bonds is 20. The summed E-state index contributed by atoms with van der Waals surface area (Å²) in [7, 11) is 4.63. The molecule has 0 radical (unpaired) electrons. The molecule has 0 aliphatic heterocycles. The zero-order valence-corrected chi connectivity index (χ0v) is 33.7. The van der Waals surface area contributed by atoms with Gasteiger partial charge in [0.05, 0.1) is 63.7 Å². The Balaban J connectivity index is 0.932. The Bertz CT molecular complexity index is 1980. The molecular weight excluding hydrogens is 699 g/mol. The van der Waals surface area contributed by atoms with E-state index in [1.165, 1.54) is 12.8 Å². The normalized spacial score (nSPS) is 10.1. The summed E-state index contributed by atoms with van der Waals surface area (Å²) in [5.41, 5.74) is 5.71. The van der Waals surface area contributed by atoms with Crippen molar-refractivity contribution >= 4 is 0 Å². The molecule has 0 aliphatic rings. The van der Waals surface area contributed by atoms with Crippen LogP contribution in [0.2, 0.25) is 0 Å². The Labute approximate surface area is 342 Å². The van der Waals surface area contributed by atoms with E-state index in [0.717, 1.165) is 116 Å². The Morgan fingerprint density at radius 2 is 0.702 bits per heavy atom. The largest absolute Gasteiger partial charge is 0.494 e. The summed E-state index contributed by atoms with van der Waals surface area (Å²) >= 11 is 0. The third-order valence-corrected chi connectivity index (χ3v) is 9.44. The van der Waals surface area contributed by atoms with E-state index in [0.29, 0.717) is 24.3 Å². The van der Waals surface area contributed by atoms with Crippen LogP contribution in [0.1, 0.15) is 88.2 Å². The maximum Gasteiger partial charge on any atom is 0.119 e. The molecular formula is C52H54N3O2+. The Morgan fingerprint density at radius 3 is 1.02 bits per heavy atom. The fourth-order valence-electron chi connectivity index (χ4n) is 6.02. The fourth-order valence-corrected chi connectivity index (χ4v) is 6.02. The van der Waals surface area contributed by atoms with Crippen LogP contribution in [0.3, 0.4) is 0 Å². The highest BCUT2D eigenvalue weighted by atomic mass is 16.5. The smallest absolute Gasteiger partial charge is 0.119 e. The molecule has 57 heavy (non-hydrogen) atoms. The Kier molecular flexibility index (Phi) is 19.6. The van der Waals surface area contributed by atoms with Crippen molar-refractivity contribution in [2.75, 3.05) is 40.4 Å². The van der Waals surface area contributed by atoms with Gasteiger partial charge in [-0.15, -0.1) is 0 Å². The number of benzene rings is 4. The molecule has 0 N–H and O–H groups in total. The van der Waals surface area contributed by atoms with Crippen LogP contribution in [0.5, 0.6) is 11.5 Å². The van der Waals surface area contributed by atoms with E-state index in [2.05, 4.69) is 73.6 Å². The zero-order valence-electron chi connectivity index (χ0n) is 33.7. The second kappa shape index (κ2) is 25.7. The van der Waals surface area contributed by atoms with Gasteiger partial charge >= 0.3 is 0 Å². The Morgan fingerprint density at radius 1 is 0.404 bits per heavy atom. The summed E-state index contributed by atoms with van der Waals surface area (Å²) < 4.78 is 12.8. The number of ether oxygens (including phenoxy) is 2. The molecule has 5 nitrogen and oxygen atoms in total. The van der Waals surface area contributed by atoms with Gasteiger partial charge in [0, 0.05) is 25.7 Å². The van der Waals surface area contributed by atoms with Crippen LogP contribution in [-0.4, -0.2) is 44.9 Å². The summed E-state index contributed by atoms with van der Waals surface area (Å²) in [6, 6.07) is 35.6. The second-order valence-electron chi connectivity index (χ2n) is 14.5. The highest BCUT2D eigenvalue weighted by Gasteiger charge is 2.13. The van der Waals surface area contributed by atoms with Crippen LogP contribution in [0.4, 0.5) is 0 Å². The molecule has 0 saturated heterocycles. The highest BCUT2D eigenvalue weighted by molar-refractivity contribution is 5.66. The molecule has 0 unspecified atom stereocenters. The first-order valence-corrected chi connectivity index (χ1v) is 20.2. The van der Waals surface area contributed by atoms with Crippen LogP contribution in [0, 0.1) is 70.0 Å². The molecule has 4 rings (SSSR count). The van der Waals surface area contributed by atoms with Crippen molar-refractivity contribution in [2.45, 2.75) is 77.0 Å². The Hall–Kier alpha value is -6.34. The quantitative estimate of drug-likeness (QED) is 0.0512. The van der Waals surface area contributed by atoms with Crippen LogP contribution in [0.25, 0.3) is 22.3 Å². The van der Waals surface area contributed by atoms with E-state index in [9.17, 15) is 0 Å². The number of unbranched alkanes of at least 4 members (excludes halogenated alkanes) is 8. The summed E-state index contributed by atoms with van der Waals surface area (Å²) in [5.74, 6) is 26.6. The van der Waals surface area contributed by atoms with Crippen molar-refractivity contribution in [1.82, 2.24) is 0 Å². The molecule has 0 aromatic heterocycles. The van der Waals surface area contributed by atoms with Crippen molar-refractivity contribution in [1.29, 1.82) is 10.5 Å². The van der Waals surface area contributed by atoms with Crippen molar-refractivity contribution in [3.05, 3.63) is 108 Å². The molecule has 0 bridgehead atoms. The van der Waals surface area contributed by atoms with Crippen LogP contribution in [-0.2, 0) is 0 Å². The first-order valence-electron chi connectivity index (χ1n) is 20.2. The number of nitrogens with zero attached hydrogens (tertiary/aromatic N) is 3. The predicted molar refractivity (Wildman–Crippen MR) is 233 cm³/mol. The lowest BCUT2D eigenvalue weighted by atomic mass is 10.0. The van der Waals surface area contributed by atoms with Gasteiger partial charge < -0.3 is 14.0 Å². The topological polar surface area (TPSA) is 66.0 Å². The lowest BCUT2D eigenvalue weighted by molar-refractivity contribution is -0.890. The molecule has 0 saturated carbocycles. The average Bonchev–Trinajstić information content (AvgIpc) is 3.24. The number of quaternary nitrogens is 1. The summed E-state index contributed by atoms with van der Waals surface area (Å²) in [6.07, 6.45) is 11.9. The minimum atomic E-state index is 0.665. The standard InChI is InChI=1S/C52H54N3O2/c1-55(2,39-19-15-11-7-3-5-9-13-17-21-41-56-51-35-31-49(32-36-51)47-27-23-45(43-53)24-28-47)40-20-16-12-8-4-6-10-14-18-22-42-57-52-37-33-50(34-38-52)48-29-25-46(44-54)26-30-48/h23-38H,11-22,39-42H2,1-2H3/q+1. The summed E-state index contributed by atoms with van der Waals surface area (Å²) in [6.45, 7) is 3.66. The van der Waals surface area contributed by atoms with E-state index in [1.54, 1.807) is 0 Å². The van der Waals surface area contributed by atoms with Gasteiger partial charge in [0.15, 0.2) is 0 Å². The van der Waals surface area contributed by atoms with Crippen molar-refractivity contribution < 1.29 is 14.0 Å². The third kappa shape index (κ3) is 17.8. The van der Waals surface area contributed by atoms with E-state index in [-0.39, 0.29) is 0 Å². The van der Waals surface area contributed by atoms with Gasteiger partial charge in [-0.3, -0.25) is 0 Å². The van der Waals surface area contributed by atoms with Gasteiger partial charge in [-0.1, -0.05) is 72.2 Å². The molecule has 4 aromatic carbocycles. The predicted octanol–water partition coefficient (Wildman–Crippen LogP) is 11.0. The van der Waals surface area contributed by atoms with Crippen LogP contribution >= 0.6 is 0 Å². The van der Waals surface area contributed by atoms with Crippen LogP contribution in [0.15, 0.2) is 97.1 Å². The SMILES string of the molecule is C[N+](C)(CCCCC#CC#CCCCCOc1ccc(-c2ccc(C#N)cc2)cc1)CCCCC#CC#CCCCCOc1ccc(-c2ccc(C#N)cc2)cc1. The number of nitriles is 2. The number of hydrogen-bond acceptors (Lipinski definition) is 4. The van der Waals surface area contributed by atoms with Gasteiger partial charge in [-0.2, -0.15) is 10.5 Å². The monoisotopic (exact) mass is 752 g/mol. The van der Waals surface area contributed by atoms with Crippen molar-refractivity contribution in [3.63, 3.8) is 0 Å². The zero-order chi connectivity index (χ0) is 40.2.